The standard InChI is InChI=1S/C15H18BrN3O/c16-11-7-14-15(18-8-11)13(5-6-17-14)19-12-4-2-1-3-10(12)9-20/h5-8,10,12,20H,1-4,9H2,(H,17,19). The third kappa shape index (κ3) is 2.79. The molecule has 4 nitrogen and oxygen atoms in total. The number of fused-ring (bicyclic) bond motifs is 1. The fraction of sp³-hybridized carbons (Fsp3) is 0.467. The van der Waals surface area contributed by atoms with E-state index in [1.165, 1.54) is 12.8 Å². The fourth-order valence-electron chi connectivity index (χ4n) is 2.94. The Bertz CT molecular complexity index is 605. The molecule has 0 spiro atoms. The number of aliphatic hydroxyl groups excluding tert-OH is 1. The van der Waals surface area contributed by atoms with Gasteiger partial charge in [0.05, 0.1) is 11.2 Å². The Kier molecular flexibility index (Phi) is 4.17. The van der Waals surface area contributed by atoms with Crippen LogP contribution in [-0.4, -0.2) is 27.7 Å². The van der Waals surface area contributed by atoms with Crippen LogP contribution in [0.3, 0.4) is 0 Å². The lowest BCUT2D eigenvalue weighted by Gasteiger charge is -2.31. The quantitative estimate of drug-likeness (QED) is 0.902. The van der Waals surface area contributed by atoms with E-state index in [0.29, 0.717) is 12.0 Å². The molecule has 2 aromatic rings. The minimum Gasteiger partial charge on any atom is -0.396 e. The van der Waals surface area contributed by atoms with Crippen LogP contribution in [0.1, 0.15) is 25.7 Å². The molecule has 2 heterocycles. The first-order valence-corrected chi connectivity index (χ1v) is 7.85. The number of rotatable bonds is 3. The van der Waals surface area contributed by atoms with Gasteiger partial charge in [-0.2, -0.15) is 0 Å². The van der Waals surface area contributed by atoms with Gasteiger partial charge in [-0.25, -0.2) is 0 Å². The van der Waals surface area contributed by atoms with Crippen molar-refractivity contribution in [1.82, 2.24) is 9.97 Å². The van der Waals surface area contributed by atoms with Gasteiger partial charge in [0.15, 0.2) is 0 Å². The van der Waals surface area contributed by atoms with Crippen molar-refractivity contribution >= 4 is 32.7 Å². The molecular weight excluding hydrogens is 318 g/mol. The molecule has 1 aliphatic carbocycles. The molecule has 0 saturated heterocycles. The summed E-state index contributed by atoms with van der Waals surface area (Å²) in [5.74, 6) is 0.336. The molecule has 2 unspecified atom stereocenters. The van der Waals surface area contributed by atoms with Crippen LogP contribution in [0.25, 0.3) is 11.0 Å². The topological polar surface area (TPSA) is 58.0 Å². The summed E-state index contributed by atoms with van der Waals surface area (Å²) in [5.41, 5.74) is 2.77. The average molecular weight is 336 g/mol. The lowest BCUT2D eigenvalue weighted by Crippen LogP contribution is -2.34. The number of nitrogens with one attached hydrogen (secondary N) is 1. The number of hydrogen-bond donors (Lipinski definition) is 2. The van der Waals surface area contributed by atoms with E-state index in [2.05, 4.69) is 31.2 Å². The summed E-state index contributed by atoms with van der Waals surface area (Å²) < 4.78 is 0.931. The lowest BCUT2D eigenvalue weighted by molar-refractivity contribution is 0.178. The van der Waals surface area contributed by atoms with Crippen molar-refractivity contribution in [2.24, 2.45) is 5.92 Å². The number of anilines is 1. The van der Waals surface area contributed by atoms with Crippen LogP contribution in [0, 0.1) is 5.92 Å². The van der Waals surface area contributed by atoms with Gasteiger partial charge in [0, 0.05) is 35.4 Å². The van der Waals surface area contributed by atoms with Gasteiger partial charge in [0.1, 0.15) is 5.52 Å². The Morgan fingerprint density at radius 1 is 1.30 bits per heavy atom. The van der Waals surface area contributed by atoms with Gasteiger partial charge in [0.25, 0.3) is 0 Å². The van der Waals surface area contributed by atoms with Crippen LogP contribution in [0.15, 0.2) is 29.0 Å². The van der Waals surface area contributed by atoms with E-state index in [1.54, 1.807) is 12.4 Å². The Labute approximate surface area is 126 Å². The molecule has 2 N–H and O–H groups in total. The molecule has 1 saturated carbocycles. The van der Waals surface area contributed by atoms with E-state index in [4.69, 9.17) is 0 Å². The number of halogens is 1. The average Bonchev–Trinajstić information content (AvgIpc) is 2.47. The largest absolute Gasteiger partial charge is 0.396 e. The molecule has 0 bridgehead atoms. The van der Waals surface area contributed by atoms with Crippen molar-refractivity contribution in [2.45, 2.75) is 31.7 Å². The zero-order chi connectivity index (χ0) is 13.9. The van der Waals surface area contributed by atoms with Crippen LogP contribution in [-0.2, 0) is 0 Å². The summed E-state index contributed by atoms with van der Waals surface area (Å²) in [7, 11) is 0. The number of hydrogen-bond acceptors (Lipinski definition) is 4. The first-order chi connectivity index (χ1) is 9.78. The summed E-state index contributed by atoms with van der Waals surface area (Å²) in [4.78, 5) is 8.82. The van der Waals surface area contributed by atoms with Crippen molar-refractivity contribution in [3.8, 4) is 0 Å². The van der Waals surface area contributed by atoms with E-state index in [-0.39, 0.29) is 6.61 Å². The Morgan fingerprint density at radius 2 is 2.15 bits per heavy atom. The van der Waals surface area contributed by atoms with Gasteiger partial charge >= 0.3 is 0 Å². The van der Waals surface area contributed by atoms with Gasteiger partial charge in [-0.15, -0.1) is 0 Å². The van der Waals surface area contributed by atoms with Gasteiger partial charge in [-0.1, -0.05) is 12.8 Å². The number of aliphatic hydroxyl groups is 1. The van der Waals surface area contributed by atoms with Gasteiger partial charge in [-0.3, -0.25) is 9.97 Å². The van der Waals surface area contributed by atoms with Gasteiger partial charge in [0.2, 0.25) is 0 Å². The minimum absolute atomic E-state index is 0.250. The molecular formula is C15H18BrN3O. The minimum atomic E-state index is 0.250. The summed E-state index contributed by atoms with van der Waals surface area (Å²) >= 11 is 3.42. The van der Waals surface area contributed by atoms with E-state index in [0.717, 1.165) is 34.0 Å². The molecule has 0 radical (unpaired) electrons. The second-order valence-electron chi connectivity index (χ2n) is 5.36. The maximum absolute atomic E-state index is 9.51. The van der Waals surface area contributed by atoms with E-state index < -0.39 is 0 Å². The molecule has 1 fully saturated rings. The fourth-order valence-corrected chi connectivity index (χ4v) is 3.26. The molecule has 0 aromatic carbocycles. The predicted molar refractivity (Wildman–Crippen MR) is 83.7 cm³/mol. The maximum Gasteiger partial charge on any atom is 0.112 e. The zero-order valence-corrected chi connectivity index (χ0v) is 12.8. The van der Waals surface area contributed by atoms with Crippen molar-refractivity contribution in [3.63, 3.8) is 0 Å². The van der Waals surface area contributed by atoms with Gasteiger partial charge < -0.3 is 10.4 Å². The summed E-state index contributed by atoms with van der Waals surface area (Å²) in [6, 6.07) is 4.26. The molecule has 106 valence electrons. The Morgan fingerprint density at radius 3 is 3.00 bits per heavy atom. The first-order valence-electron chi connectivity index (χ1n) is 7.05. The number of aromatic nitrogens is 2. The van der Waals surface area contributed by atoms with Crippen molar-refractivity contribution in [1.29, 1.82) is 0 Å². The maximum atomic E-state index is 9.51. The molecule has 2 aromatic heterocycles. The highest BCUT2D eigenvalue weighted by atomic mass is 79.9. The Balaban J connectivity index is 1.90. The smallest absolute Gasteiger partial charge is 0.112 e. The Hall–Kier alpha value is -1.20. The van der Waals surface area contributed by atoms with E-state index in [1.807, 2.05) is 12.1 Å². The van der Waals surface area contributed by atoms with Gasteiger partial charge in [-0.05, 0) is 40.9 Å². The SMILES string of the molecule is OCC1CCCCC1Nc1ccnc2cc(Br)cnc12. The summed E-state index contributed by atoms with van der Waals surface area (Å²) in [6.07, 6.45) is 8.22. The van der Waals surface area contributed by atoms with Crippen LogP contribution >= 0.6 is 15.9 Å². The highest BCUT2D eigenvalue weighted by Gasteiger charge is 2.24. The predicted octanol–water partition coefficient (Wildman–Crippen LogP) is 3.36. The molecule has 1 aliphatic rings. The molecule has 3 rings (SSSR count). The molecule has 0 aliphatic heterocycles. The molecule has 2 atom stereocenters. The van der Waals surface area contributed by atoms with Crippen LogP contribution < -0.4 is 5.32 Å². The summed E-state index contributed by atoms with van der Waals surface area (Å²) in [6.45, 7) is 0.250. The van der Waals surface area contributed by atoms with Crippen LogP contribution in [0.2, 0.25) is 0 Å². The normalized spacial score (nSPS) is 22.9. The molecule has 20 heavy (non-hydrogen) atoms. The second-order valence-corrected chi connectivity index (χ2v) is 6.27. The third-order valence-corrected chi connectivity index (χ3v) is 4.46. The zero-order valence-electron chi connectivity index (χ0n) is 11.2. The monoisotopic (exact) mass is 335 g/mol. The van der Waals surface area contributed by atoms with Crippen LogP contribution in [0.4, 0.5) is 5.69 Å². The number of nitrogens with zero attached hydrogens (tertiary/aromatic N) is 2. The summed E-state index contributed by atoms with van der Waals surface area (Å²) in [5, 5.41) is 13.1. The van der Waals surface area contributed by atoms with Crippen molar-refractivity contribution in [3.05, 3.63) is 29.0 Å². The molecule has 0 amide bonds. The van der Waals surface area contributed by atoms with E-state index >= 15 is 0 Å². The first kappa shape index (κ1) is 13.8. The third-order valence-electron chi connectivity index (χ3n) is 4.03. The van der Waals surface area contributed by atoms with Crippen molar-refractivity contribution < 1.29 is 5.11 Å². The second kappa shape index (κ2) is 6.06. The van der Waals surface area contributed by atoms with E-state index in [9.17, 15) is 5.11 Å². The van der Waals surface area contributed by atoms with Crippen LogP contribution in [0.5, 0.6) is 0 Å². The van der Waals surface area contributed by atoms with Crippen molar-refractivity contribution in [2.75, 3.05) is 11.9 Å². The highest BCUT2D eigenvalue weighted by Crippen LogP contribution is 2.29. The molecule has 5 heteroatoms. The highest BCUT2D eigenvalue weighted by molar-refractivity contribution is 9.10. The lowest BCUT2D eigenvalue weighted by atomic mass is 9.85. The number of pyridine rings is 2.